The van der Waals surface area contributed by atoms with Crippen molar-refractivity contribution in [3.63, 3.8) is 0 Å². The summed E-state index contributed by atoms with van der Waals surface area (Å²) >= 11 is 11.7. The van der Waals surface area contributed by atoms with Crippen LogP contribution in [0.15, 0.2) is 18.2 Å². The van der Waals surface area contributed by atoms with Gasteiger partial charge >= 0.3 is 5.97 Å². The van der Waals surface area contributed by atoms with Crippen LogP contribution in [0.5, 0.6) is 0 Å². The largest absolute Gasteiger partial charge is 0.451 e. The summed E-state index contributed by atoms with van der Waals surface area (Å²) in [6.45, 7) is 3.42. The van der Waals surface area contributed by atoms with E-state index < -0.39 is 18.0 Å². The molecule has 0 saturated carbocycles. The van der Waals surface area contributed by atoms with Crippen molar-refractivity contribution in [3.8, 4) is 0 Å². The maximum absolute atomic E-state index is 11.9. The van der Waals surface area contributed by atoms with Crippen LogP contribution in [-0.2, 0) is 19.1 Å². The SMILES string of the molecule is CCOCC(=O)OC(C)C(=O)Nc1cc(Cl)ccc1Cl. The van der Waals surface area contributed by atoms with Crippen LogP contribution in [0, 0.1) is 0 Å². The molecule has 7 heteroatoms. The van der Waals surface area contributed by atoms with E-state index in [1.54, 1.807) is 19.1 Å². The maximum atomic E-state index is 11.9. The van der Waals surface area contributed by atoms with Crippen molar-refractivity contribution in [2.24, 2.45) is 0 Å². The van der Waals surface area contributed by atoms with E-state index >= 15 is 0 Å². The number of benzene rings is 1. The third-order valence-corrected chi connectivity index (χ3v) is 2.85. The Kier molecular flexibility index (Phi) is 6.78. The Morgan fingerprint density at radius 1 is 1.35 bits per heavy atom. The lowest BCUT2D eigenvalue weighted by atomic mass is 10.3. The third kappa shape index (κ3) is 5.36. The second-order valence-electron chi connectivity index (χ2n) is 3.88. The predicted molar refractivity (Wildman–Crippen MR) is 77.1 cm³/mol. The summed E-state index contributed by atoms with van der Waals surface area (Å²) < 4.78 is 9.79. The molecule has 1 aromatic carbocycles. The summed E-state index contributed by atoms with van der Waals surface area (Å²) in [7, 11) is 0. The molecule has 1 unspecified atom stereocenters. The smallest absolute Gasteiger partial charge is 0.332 e. The number of halogens is 2. The first-order valence-corrected chi connectivity index (χ1v) is 6.72. The van der Waals surface area contributed by atoms with E-state index in [9.17, 15) is 9.59 Å². The lowest BCUT2D eigenvalue weighted by Gasteiger charge is -2.14. The molecule has 1 aromatic rings. The van der Waals surface area contributed by atoms with Gasteiger partial charge in [-0.25, -0.2) is 4.79 Å². The van der Waals surface area contributed by atoms with Gasteiger partial charge in [0.1, 0.15) is 6.61 Å². The number of nitrogens with one attached hydrogen (secondary N) is 1. The number of carbonyl (C=O) groups excluding carboxylic acids is 2. The molecule has 0 aliphatic carbocycles. The fraction of sp³-hybridized carbons (Fsp3) is 0.385. The van der Waals surface area contributed by atoms with Gasteiger partial charge in [0.25, 0.3) is 5.91 Å². The van der Waals surface area contributed by atoms with E-state index in [4.69, 9.17) is 32.7 Å². The number of ether oxygens (including phenoxy) is 2. The molecule has 0 bridgehead atoms. The number of rotatable bonds is 6. The van der Waals surface area contributed by atoms with Crippen molar-refractivity contribution < 1.29 is 19.1 Å². The lowest BCUT2D eigenvalue weighted by Crippen LogP contribution is -2.31. The van der Waals surface area contributed by atoms with E-state index in [1.165, 1.54) is 13.0 Å². The first-order valence-electron chi connectivity index (χ1n) is 5.97. The summed E-state index contributed by atoms with van der Waals surface area (Å²) in [6.07, 6.45) is -0.960. The second kappa shape index (κ2) is 8.09. The minimum Gasteiger partial charge on any atom is -0.451 e. The van der Waals surface area contributed by atoms with E-state index in [-0.39, 0.29) is 6.61 Å². The summed E-state index contributed by atoms with van der Waals surface area (Å²) in [4.78, 5) is 23.2. The highest BCUT2D eigenvalue weighted by Crippen LogP contribution is 2.25. The molecule has 1 atom stereocenters. The molecule has 0 aliphatic heterocycles. The molecular weight excluding hydrogens is 305 g/mol. The zero-order valence-electron chi connectivity index (χ0n) is 11.1. The molecule has 1 N–H and O–H groups in total. The predicted octanol–water partition coefficient (Wildman–Crippen LogP) is 2.90. The van der Waals surface area contributed by atoms with Crippen LogP contribution in [0.25, 0.3) is 0 Å². The van der Waals surface area contributed by atoms with Gasteiger partial charge in [0.2, 0.25) is 0 Å². The van der Waals surface area contributed by atoms with Crippen molar-refractivity contribution in [1.82, 2.24) is 0 Å². The monoisotopic (exact) mass is 319 g/mol. The molecule has 0 aliphatic rings. The Morgan fingerprint density at radius 3 is 2.70 bits per heavy atom. The highest BCUT2D eigenvalue weighted by atomic mass is 35.5. The van der Waals surface area contributed by atoms with Gasteiger partial charge in [-0.2, -0.15) is 0 Å². The average Bonchev–Trinajstić information content (AvgIpc) is 2.40. The van der Waals surface area contributed by atoms with E-state index in [0.717, 1.165) is 0 Å². The van der Waals surface area contributed by atoms with Gasteiger partial charge in [-0.05, 0) is 32.0 Å². The number of carbonyl (C=O) groups is 2. The highest BCUT2D eigenvalue weighted by molar-refractivity contribution is 6.35. The van der Waals surface area contributed by atoms with Crippen LogP contribution >= 0.6 is 23.2 Å². The van der Waals surface area contributed by atoms with Crippen molar-refractivity contribution in [3.05, 3.63) is 28.2 Å². The third-order valence-electron chi connectivity index (χ3n) is 2.29. The van der Waals surface area contributed by atoms with Gasteiger partial charge in [0, 0.05) is 11.6 Å². The number of hydrogen-bond donors (Lipinski definition) is 1. The van der Waals surface area contributed by atoms with E-state index in [2.05, 4.69) is 5.32 Å². The van der Waals surface area contributed by atoms with E-state index in [1.807, 2.05) is 0 Å². The van der Waals surface area contributed by atoms with Crippen molar-refractivity contribution in [2.45, 2.75) is 20.0 Å². The summed E-state index contributed by atoms with van der Waals surface area (Å²) in [5.74, 6) is -1.11. The van der Waals surface area contributed by atoms with Gasteiger partial charge in [0.05, 0.1) is 10.7 Å². The number of amides is 1. The molecule has 5 nitrogen and oxygen atoms in total. The van der Waals surface area contributed by atoms with Crippen LogP contribution in [0.4, 0.5) is 5.69 Å². The van der Waals surface area contributed by atoms with Crippen LogP contribution in [0.1, 0.15) is 13.8 Å². The number of esters is 1. The minimum atomic E-state index is -0.960. The van der Waals surface area contributed by atoms with Crippen molar-refractivity contribution in [1.29, 1.82) is 0 Å². The average molecular weight is 320 g/mol. The molecule has 0 heterocycles. The van der Waals surface area contributed by atoms with Crippen LogP contribution in [0.3, 0.4) is 0 Å². The Morgan fingerprint density at radius 2 is 2.05 bits per heavy atom. The Labute approximate surface area is 127 Å². The fourth-order valence-electron chi connectivity index (χ4n) is 1.30. The summed E-state index contributed by atoms with van der Waals surface area (Å²) in [6, 6.07) is 4.67. The Hall–Kier alpha value is -1.30. The minimum absolute atomic E-state index is 0.188. The van der Waals surface area contributed by atoms with Crippen molar-refractivity contribution >= 4 is 40.8 Å². The Bertz CT molecular complexity index is 493. The van der Waals surface area contributed by atoms with Crippen LogP contribution < -0.4 is 5.32 Å². The van der Waals surface area contributed by atoms with Crippen LogP contribution in [0.2, 0.25) is 10.0 Å². The molecule has 0 aromatic heterocycles. The van der Waals surface area contributed by atoms with E-state index in [0.29, 0.717) is 22.3 Å². The normalized spacial score (nSPS) is 11.8. The summed E-state index contributed by atoms with van der Waals surface area (Å²) in [5, 5.41) is 3.32. The molecule has 1 amide bonds. The molecule has 0 radical (unpaired) electrons. The molecule has 0 fully saturated rings. The van der Waals surface area contributed by atoms with Crippen LogP contribution in [-0.4, -0.2) is 31.2 Å². The highest BCUT2D eigenvalue weighted by Gasteiger charge is 2.18. The molecular formula is C13H15Cl2NO4. The molecule has 0 spiro atoms. The standard InChI is InChI=1S/C13H15Cl2NO4/c1-3-19-7-12(17)20-8(2)13(18)16-11-6-9(14)4-5-10(11)15/h4-6,8H,3,7H2,1-2H3,(H,16,18). The summed E-state index contributed by atoms with van der Waals surface area (Å²) in [5.41, 5.74) is 0.358. The number of hydrogen-bond acceptors (Lipinski definition) is 4. The maximum Gasteiger partial charge on any atom is 0.332 e. The lowest BCUT2D eigenvalue weighted by molar-refractivity contribution is -0.157. The van der Waals surface area contributed by atoms with Gasteiger partial charge in [-0.15, -0.1) is 0 Å². The molecule has 20 heavy (non-hydrogen) atoms. The second-order valence-corrected chi connectivity index (χ2v) is 4.73. The molecule has 110 valence electrons. The topological polar surface area (TPSA) is 64.6 Å². The molecule has 1 rings (SSSR count). The van der Waals surface area contributed by atoms with Crippen molar-refractivity contribution in [2.75, 3.05) is 18.5 Å². The Balaban J connectivity index is 2.57. The van der Waals surface area contributed by atoms with Gasteiger partial charge in [-0.1, -0.05) is 23.2 Å². The zero-order chi connectivity index (χ0) is 15.1. The number of anilines is 1. The first-order chi connectivity index (χ1) is 9.43. The van der Waals surface area contributed by atoms with Gasteiger partial charge < -0.3 is 14.8 Å². The first kappa shape index (κ1) is 16.8. The fourth-order valence-corrected chi connectivity index (χ4v) is 1.63. The zero-order valence-corrected chi connectivity index (χ0v) is 12.6. The van der Waals surface area contributed by atoms with Gasteiger partial charge in [-0.3, -0.25) is 4.79 Å². The van der Waals surface area contributed by atoms with Gasteiger partial charge in [0.15, 0.2) is 6.10 Å². The molecule has 0 saturated heterocycles. The quantitative estimate of drug-likeness (QED) is 0.819.